The van der Waals surface area contributed by atoms with E-state index in [1.165, 1.54) is 6.07 Å². The normalized spacial score (nSPS) is 23.3. The molecule has 166 valence electrons. The van der Waals surface area contributed by atoms with Crippen molar-refractivity contribution in [3.8, 4) is 0 Å². The van der Waals surface area contributed by atoms with Crippen LogP contribution < -0.4 is 10.9 Å². The van der Waals surface area contributed by atoms with Crippen LogP contribution in [0.15, 0.2) is 16.9 Å². The first-order chi connectivity index (χ1) is 14.4. The number of hydrogen-bond acceptors (Lipinski definition) is 5. The SMILES string of the molecule is CCc1[nH]c(=O)ccc1C(=O)N[C@@H]1C[C@@H](C(=O)N2CCCC2)CC[C@H]1OC.O=CO. The Balaban J connectivity index is 0.00000101. The van der Waals surface area contributed by atoms with E-state index in [9.17, 15) is 14.4 Å². The van der Waals surface area contributed by atoms with Gasteiger partial charge in [-0.05, 0) is 44.6 Å². The highest BCUT2D eigenvalue weighted by atomic mass is 16.5. The number of methoxy groups -OCH3 is 1. The second-order valence-corrected chi connectivity index (χ2v) is 7.57. The fourth-order valence-electron chi connectivity index (χ4n) is 4.25. The number of rotatable bonds is 5. The molecular weight excluding hydrogens is 390 g/mol. The van der Waals surface area contributed by atoms with E-state index in [-0.39, 0.29) is 41.9 Å². The minimum absolute atomic E-state index is 0.0685. The number of H-pyrrole nitrogens is 1. The lowest BCUT2D eigenvalue weighted by Crippen LogP contribution is -2.50. The van der Waals surface area contributed by atoms with Gasteiger partial charge in [-0.2, -0.15) is 0 Å². The van der Waals surface area contributed by atoms with Crippen molar-refractivity contribution in [3.63, 3.8) is 0 Å². The number of aromatic nitrogens is 1. The molecule has 0 radical (unpaired) electrons. The van der Waals surface area contributed by atoms with E-state index in [2.05, 4.69) is 10.3 Å². The quantitative estimate of drug-likeness (QED) is 0.612. The van der Waals surface area contributed by atoms with Crippen LogP contribution in [0.2, 0.25) is 0 Å². The minimum Gasteiger partial charge on any atom is -0.483 e. The van der Waals surface area contributed by atoms with Crippen LogP contribution in [0.5, 0.6) is 0 Å². The highest BCUT2D eigenvalue weighted by molar-refractivity contribution is 5.95. The van der Waals surface area contributed by atoms with Gasteiger partial charge in [0.25, 0.3) is 12.4 Å². The zero-order valence-corrected chi connectivity index (χ0v) is 17.6. The smallest absolute Gasteiger partial charge is 0.290 e. The molecule has 9 heteroatoms. The third-order valence-corrected chi connectivity index (χ3v) is 5.77. The van der Waals surface area contributed by atoms with Crippen molar-refractivity contribution in [2.45, 2.75) is 57.6 Å². The number of carboxylic acid groups (broad SMARTS) is 1. The fraction of sp³-hybridized carbons (Fsp3) is 0.619. The Bertz CT molecular complexity index is 787. The number of aromatic amines is 1. The molecule has 0 spiro atoms. The molecule has 1 saturated heterocycles. The van der Waals surface area contributed by atoms with Crippen LogP contribution in [0.25, 0.3) is 0 Å². The monoisotopic (exact) mass is 421 g/mol. The van der Waals surface area contributed by atoms with Crippen LogP contribution in [-0.4, -0.2) is 65.6 Å². The molecule has 1 aromatic heterocycles. The van der Waals surface area contributed by atoms with Gasteiger partial charge in [-0.25, -0.2) is 0 Å². The largest absolute Gasteiger partial charge is 0.483 e. The maximum atomic E-state index is 12.8. The van der Waals surface area contributed by atoms with Gasteiger partial charge >= 0.3 is 0 Å². The fourth-order valence-corrected chi connectivity index (χ4v) is 4.25. The molecule has 3 N–H and O–H groups in total. The Hall–Kier alpha value is -2.68. The molecule has 9 nitrogen and oxygen atoms in total. The predicted molar refractivity (Wildman–Crippen MR) is 110 cm³/mol. The summed E-state index contributed by atoms with van der Waals surface area (Å²) in [5, 5.41) is 9.94. The minimum atomic E-state index is -0.250. The van der Waals surface area contributed by atoms with E-state index in [0.717, 1.165) is 38.8 Å². The van der Waals surface area contributed by atoms with Crippen molar-refractivity contribution < 1.29 is 24.2 Å². The number of amides is 2. The maximum Gasteiger partial charge on any atom is 0.290 e. The lowest BCUT2D eigenvalue weighted by atomic mass is 9.82. The summed E-state index contributed by atoms with van der Waals surface area (Å²) in [5.41, 5.74) is 0.876. The molecule has 2 amide bonds. The zero-order valence-electron chi connectivity index (χ0n) is 17.6. The number of nitrogens with zero attached hydrogens (tertiary/aromatic N) is 1. The molecule has 2 aliphatic rings. The molecule has 1 aromatic rings. The molecule has 2 fully saturated rings. The van der Waals surface area contributed by atoms with E-state index >= 15 is 0 Å². The summed E-state index contributed by atoms with van der Waals surface area (Å²) in [6.45, 7) is 3.33. The van der Waals surface area contributed by atoms with Crippen LogP contribution in [0.1, 0.15) is 55.1 Å². The van der Waals surface area contributed by atoms with Gasteiger partial charge in [0.05, 0.1) is 17.7 Å². The summed E-state index contributed by atoms with van der Waals surface area (Å²) in [6.07, 6.45) is 4.73. The summed E-state index contributed by atoms with van der Waals surface area (Å²) in [6, 6.07) is 2.71. The van der Waals surface area contributed by atoms with E-state index in [1.54, 1.807) is 13.2 Å². The van der Waals surface area contributed by atoms with Gasteiger partial charge in [0.1, 0.15) is 0 Å². The average Bonchev–Trinajstić information content (AvgIpc) is 3.28. The summed E-state index contributed by atoms with van der Waals surface area (Å²) >= 11 is 0. The molecule has 0 aromatic carbocycles. The third-order valence-electron chi connectivity index (χ3n) is 5.77. The highest BCUT2D eigenvalue weighted by Crippen LogP contribution is 2.29. The van der Waals surface area contributed by atoms with Crippen LogP contribution in [0.3, 0.4) is 0 Å². The summed E-state index contributed by atoms with van der Waals surface area (Å²) in [5.74, 6) is -0.0926. The molecule has 1 aliphatic carbocycles. The molecule has 1 saturated carbocycles. The number of likely N-dealkylation sites (tertiary alicyclic amines) is 1. The first kappa shape index (κ1) is 23.6. The van der Waals surface area contributed by atoms with Gasteiger partial charge in [0, 0.05) is 37.9 Å². The Labute approximate surface area is 175 Å². The number of hydrogen-bond donors (Lipinski definition) is 3. The third kappa shape index (κ3) is 5.91. The van der Waals surface area contributed by atoms with Crippen molar-refractivity contribution in [2.24, 2.45) is 5.92 Å². The molecule has 3 rings (SSSR count). The van der Waals surface area contributed by atoms with Gasteiger partial charge in [0.15, 0.2) is 0 Å². The number of carbonyl (C=O) groups excluding carboxylic acids is 2. The molecule has 1 aliphatic heterocycles. The molecule has 0 bridgehead atoms. The van der Waals surface area contributed by atoms with Crippen LogP contribution in [-0.2, 0) is 20.7 Å². The summed E-state index contributed by atoms with van der Waals surface area (Å²) in [4.78, 5) is 50.1. The molecule has 0 unspecified atom stereocenters. The number of ether oxygens (including phenoxy) is 1. The molecular formula is C21H31N3O6. The van der Waals surface area contributed by atoms with E-state index in [1.807, 2.05) is 11.8 Å². The maximum absolute atomic E-state index is 12.8. The predicted octanol–water partition coefficient (Wildman–Crippen LogP) is 1.17. The Kier molecular flexibility index (Phi) is 9.04. The van der Waals surface area contributed by atoms with E-state index < -0.39 is 0 Å². The lowest BCUT2D eigenvalue weighted by molar-refractivity contribution is -0.136. The topological polar surface area (TPSA) is 129 Å². The number of nitrogens with one attached hydrogen (secondary N) is 2. The lowest BCUT2D eigenvalue weighted by Gasteiger charge is -2.36. The van der Waals surface area contributed by atoms with E-state index in [4.69, 9.17) is 14.6 Å². The van der Waals surface area contributed by atoms with Gasteiger partial charge in [-0.15, -0.1) is 0 Å². The Morgan fingerprint density at radius 1 is 1.30 bits per heavy atom. The molecule has 2 heterocycles. The summed E-state index contributed by atoms with van der Waals surface area (Å²) in [7, 11) is 1.64. The van der Waals surface area contributed by atoms with Crippen molar-refractivity contribution >= 4 is 18.3 Å². The zero-order chi connectivity index (χ0) is 22.1. The highest BCUT2D eigenvalue weighted by Gasteiger charge is 2.37. The second kappa shape index (κ2) is 11.5. The number of pyridine rings is 1. The second-order valence-electron chi connectivity index (χ2n) is 7.57. The van der Waals surface area contributed by atoms with Crippen molar-refractivity contribution in [2.75, 3.05) is 20.2 Å². The van der Waals surface area contributed by atoms with Crippen LogP contribution in [0.4, 0.5) is 0 Å². The number of aryl methyl sites for hydroxylation is 1. The van der Waals surface area contributed by atoms with Crippen molar-refractivity contribution in [1.82, 2.24) is 15.2 Å². The average molecular weight is 421 g/mol. The first-order valence-corrected chi connectivity index (χ1v) is 10.4. The van der Waals surface area contributed by atoms with Crippen molar-refractivity contribution in [1.29, 1.82) is 0 Å². The molecule has 3 atom stereocenters. The number of carbonyl (C=O) groups is 3. The molecule has 30 heavy (non-hydrogen) atoms. The van der Waals surface area contributed by atoms with Crippen LogP contribution in [0, 0.1) is 5.92 Å². The van der Waals surface area contributed by atoms with Gasteiger partial charge in [-0.3, -0.25) is 19.2 Å². The Morgan fingerprint density at radius 2 is 1.97 bits per heavy atom. The van der Waals surface area contributed by atoms with Gasteiger partial charge in [0.2, 0.25) is 11.5 Å². The standard InChI is InChI=1S/C20H29N3O4.CH2O2/c1-3-15-14(7-9-18(24)21-15)19(25)22-16-12-13(6-8-17(16)27-2)20(26)23-10-4-5-11-23;2-1-3/h7,9,13,16-17H,3-6,8,10-12H2,1-2H3,(H,21,24)(H,22,25);1H,(H,2,3)/t13-,16+,17+;/m0./s1. The summed E-state index contributed by atoms with van der Waals surface area (Å²) < 4.78 is 5.57. The Morgan fingerprint density at radius 3 is 2.57 bits per heavy atom. The van der Waals surface area contributed by atoms with Gasteiger partial charge in [-0.1, -0.05) is 6.92 Å². The van der Waals surface area contributed by atoms with Crippen LogP contribution >= 0.6 is 0 Å². The van der Waals surface area contributed by atoms with Crippen molar-refractivity contribution in [3.05, 3.63) is 33.7 Å². The van der Waals surface area contributed by atoms with E-state index in [0.29, 0.717) is 24.1 Å². The first-order valence-electron chi connectivity index (χ1n) is 10.4. The van der Waals surface area contributed by atoms with Gasteiger partial charge < -0.3 is 25.0 Å².